The number of nitrogens with zero attached hydrogens (tertiary/aromatic N) is 4. The van der Waals surface area contributed by atoms with Gasteiger partial charge in [0.2, 0.25) is 17.6 Å². The van der Waals surface area contributed by atoms with Gasteiger partial charge in [-0.05, 0) is 42.8 Å². The van der Waals surface area contributed by atoms with Crippen LogP contribution in [0.4, 0.5) is 4.39 Å². The lowest BCUT2D eigenvalue weighted by molar-refractivity contribution is 0.391. The monoisotopic (exact) mass is 398 g/mol. The Morgan fingerprint density at radius 1 is 1.07 bits per heavy atom. The van der Waals surface area contributed by atoms with Crippen LogP contribution in [0.3, 0.4) is 0 Å². The van der Waals surface area contributed by atoms with Crippen molar-refractivity contribution in [2.75, 3.05) is 7.11 Å². The zero-order valence-electron chi connectivity index (χ0n) is 15.0. The van der Waals surface area contributed by atoms with E-state index in [4.69, 9.17) is 13.7 Å². The fraction of sp³-hybridized carbons (Fsp3) is 0.158. The zero-order chi connectivity index (χ0) is 19.5. The average molecular weight is 398 g/mol. The van der Waals surface area contributed by atoms with Gasteiger partial charge in [0.15, 0.2) is 0 Å². The number of methoxy groups -OCH3 is 1. The van der Waals surface area contributed by atoms with Crippen LogP contribution >= 0.6 is 11.8 Å². The van der Waals surface area contributed by atoms with Crippen LogP contribution in [0.5, 0.6) is 5.75 Å². The highest BCUT2D eigenvalue weighted by molar-refractivity contribution is 7.98. The molecule has 0 saturated carbocycles. The summed E-state index contributed by atoms with van der Waals surface area (Å²) in [6.07, 6.45) is 0. The molecule has 0 saturated heterocycles. The van der Waals surface area contributed by atoms with Crippen molar-refractivity contribution >= 4 is 11.8 Å². The molecule has 0 bridgehead atoms. The highest BCUT2D eigenvalue weighted by atomic mass is 32.2. The lowest BCUT2D eigenvalue weighted by Crippen LogP contribution is -1.86. The highest BCUT2D eigenvalue weighted by Crippen LogP contribution is 2.27. The molecule has 9 heteroatoms. The molecule has 0 aliphatic carbocycles. The maximum Gasteiger partial charge on any atom is 0.277 e. The first-order valence-electron chi connectivity index (χ1n) is 8.32. The Morgan fingerprint density at radius 2 is 1.86 bits per heavy atom. The average Bonchev–Trinajstić information content (AvgIpc) is 3.38. The van der Waals surface area contributed by atoms with E-state index in [-0.39, 0.29) is 5.82 Å². The summed E-state index contributed by atoms with van der Waals surface area (Å²) in [6, 6.07) is 12.1. The third-order valence-electron chi connectivity index (χ3n) is 3.96. The van der Waals surface area contributed by atoms with Gasteiger partial charge in [-0.15, -0.1) is 10.2 Å². The van der Waals surface area contributed by atoms with Crippen LogP contribution in [0.15, 0.2) is 56.6 Å². The second kappa shape index (κ2) is 7.81. The number of aryl methyl sites for hydroxylation is 1. The molecule has 2 aromatic carbocycles. The van der Waals surface area contributed by atoms with Crippen molar-refractivity contribution in [1.29, 1.82) is 0 Å². The third kappa shape index (κ3) is 3.89. The standard InChI is InChI=1S/C19H15FN4O3S/c1-11-3-4-13(9-15(11)20)17-21-16(27-24-17)10-28-19-23-22-18(26-19)12-5-7-14(25-2)8-6-12/h3-9H,10H2,1-2H3. The summed E-state index contributed by atoms with van der Waals surface area (Å²) >= 11 is 1.28. The van der Waals surface area contributed by atoms with Gasteiger partial charge in [0.1, 0.15) is 11.6 Å². The fourth-order valence-electron chi connectivity index (χ4n) is 2.40. The molecule has 4 rings (SSSR count). The van der Waals surface area contributed by atoms with Crippen molar-refractivity contribution in [2.45, 2.75) is 17.9 Å². The first-order chi connectivity index (χ1) is 13.6. The van der Waals surface area contributed by atoms with Crippen molar-refractivity contribution in [3.05, 3.63) is 59.7 Å². The summed E-state index contributed by atoms with van der Waals surface area (Å²) in [7, 11) is 1.61. The van der Waals surface area contributed by atoms with E-state index in [9.17, 15) is 4.39 Å². The minimum absolute atomic E-state index is 0.310. The van der Waals surface area contributed by atoms with Gasteiger partial charge in [-0.25, -0.2) is 4.39 Å². The van der Waals surface area contributed by atoms with E-state index in [0.717, 1.165) is 11.3 Å². The highest BCUT2D eigenvalue weighted by Gasteiger charge is 2.14. The topological polar surface area (TPSA) is 87.1 Å². The number of ether oxygens (including phenoxy) is 1. The van der Waals surface area contributed by atoms with Crippen molar-refractivity contribution in [2.24, 2.45) is 0 Å². The van der Waals surface area contributed by atoms with Gasteiger partial charge in [-0.3, -0.25) is 0 Å². The molecule has 0 N–H and O–H groups in total. The molecular formula is C19H15FN4O3S. The lowest BCUT2D eigenvalue weighted by Gasteiger charge is -1.99. The van der Waals surface area contributed by atoms with Crippen LogP contribution in [-0.4, -0.2) is 27.4 Å². The molecule has 2 aromatic heterocycles. The van der Waals surface area contributed by atoms with Gasteiger partial charge in [0.25, 0.3) is 5.22 Å². The minimum Gasteiger partial charge on any atom is -0.497 e. The van der Waals surface area contributed by atoms with Crippen LogP contribution < -0.4 is 4.74 Å². The molecule has 0 unspecified atom stereocenters. The van der Waals surface area contributed by atoms with Crippen molar-refractivity contribution < 1.29 is 18.1 Å². The van der Waals surface area contributed by atoms with E-state index in [2.05, 4.69) is 20.3 Å². The summed E-state index contributed by atoms with van der Waals surface area (Å²) < 4.78 is 29.7. The molecule has 0 atom stereocenters. The maximum atomic E-state index is 13.7. The van der Waals surface area contributed by atoms with E-state index in [0.29, 0.717) is 39.7 Å². The van der Waals surface area contributed by atoms with E-state index >= 15 is 0 Å². The smallest absolute Gasteiger partial charge is 0.277 e. The second-order valence-electron chi connectivity index (χ2n) is 5.87. The Hall–Kier alpha value is -3.20. The van der Waals surface area contributed by atoms with Crippen LogP contribution in [0, 0.1) is 12.7 Å². The number of thioether (sulfide) groups is 1. The van der Waals surface area contributed by atoms with Crippen molar-refractivity contribution in [3.63, 3.8) is 0 Å². The van der Waals surface area contributed by atoms with Gasteiger partial charge in [-0.1, -0.05) is 29.1 Å². The number of benzene rings is 2. The van der Waals surface area contributed by atoms with Crippen LogP contribution in [0.2, 0.25) is 0 Å². The summed E-state index contributed by atoms with van der Waals surface area (Å²) in [5.74, 6) is 1.91. The predicted octanol–water partition coefficient (Wildman–Crippen LogP) is 4.54. The first kappa shape index (κ1) is 18.2. The maximum absolute atomic E-state index is 13.7. The Balaban J connectivity index is 1.42. The van der Waals surface area contributed by atoms with E-state index in [1.165, 1.54) is 17.8 Å². The van der Waals surface area contributed by atoms with E-state index in [1.54, 1.807) is 26.2 Å². The molecule has 7 nitrogen and oxygen atoms in total. The minimum atomic E-state index is -0.310. The third-order valence-corrected chi connectivity index (χ3v) is 4.76. The predicted molar refractivity (Wildman–Crippen MR) is 100 cm³/mol. The number of hydrogen-bond donors (Lipinski definition) is 0. The molecule has 0 aliphatic rings. The molecule has 0 aliphatic heterocycles. The number of rotatable bonds is 6. The molecule has 4 aromatic rings. The Kier molecular flexibility index (Phi) is 5.07. The summed E-state index contributed by atoms with van der Waals surface area (Å²) in [5, 5.41) is 12.3. The molecular weight excluding hydrogens is 383 g/mol. The Labute approximate surface area is 163 Å². The number of halogens is 1. The van der Waals surface area contributed by atoms with Crippen molar-refractivity contribution in [3.8, 4) is 28.6 Å². The lowest BCUT2D eigenvalue weighted by atomic mass is 10.1. The van der Waals surface area contributed by atoms with Gasteiger partial charge in [0.05, 0.1) is 12.9 Å². The van der Waals surface area contributed by atoms with Crippen LogP contribution in [0.1, 0.15) is 11.5 Å². The fourth-order valence-corrected chi connectivity index (χ4v) is 3.01. The molecule has 0 fully saturated rings. The number of aromatic nitrogens is 4. The molecule has 0 amide bonds. The molecule has 0 radical (unpaired) electrons. The van der Waals surface area contributed by atoms with E-state index < -0.39 is 0 Å². The number of hydrogen-bond acceptors (Lipinski definition) is 8. The Bertz CT molecular complexity index is 1090. The summed E-state index contributed by atoms with van der Waals surface area (Å²) in [4.78, 5) is 4.28. The second-order valence-corrected chi connectivity index (χ2v) is 6.79. The molecule has 28 heavy (non-hydrogen) atoms. The van der Waals surface area contributed by atoms with Gasteiger partial charge < -0.3 is 13.7 Å². The van der Waals surface area contributed by atoms with Gasteiger partial charge >= 0.3 is 0 Å². The zero-order valence-corrected chi connectivity index (χ0v) is 15.9. The first-order valence-corrected chi connectivity index (χ1v) is 9.31. The summed E-state index contributed by atoms with van der Waals surface area (Å²) in [5.41, 5.74) is 1.91. The quantitative estimate of drug-likeness (QED) is 0.438. The van der Waals surface area contributed by atoms with Crippen LogP contribution in [0.25, 0.3) is 22.8 Å². The van der Waals surface area contributed by atoms with Crippen molar-refractivity contribution in [1.82, 2.24) is 20.3 Å². The SMILES string of the molecule is COc1ccc(-c2nnc(SCc3nc(-c4ccc(C)c(F)c4)no3)o2)cc1. The van der Waals surface area contributed by atoms with Gasteiger partial charge in [-0.2, -0.15) is 4.98 Å². The Morgan fingerprint density at radius 3 is 2.61 bits per heavy atom. The summed E-state index contributed by atoms with van der Waals surface area (Å²) in [6.45, 7) is 1.70. The molecule has 2 heterocycles. The normalized spacial score (nSPS) is 11.0. The van der Waals surface area contributed by atoms with Gasteiger partial charge in [0, 0.05) is 11.1 Å². The van der Waals surface area contributed by atoms with E-state index in [1.807, 2.05) is 24.3 Å². The van der Waals surface area contributed by atoms with Crippen LogP contribution in [-0.2, 0) is 5.75 Å². The molecule has 142 valence electrons. The largest absolute Gasteiger partial charge is 0.497 e. The molecule has 0 spiro atoms.